The molecule has 4 heterocycles. The summed E-state index contributed by atoms with van der Waals surface area (Å²) in [6.45, 7) is 4.56. The average molecular weight is 534 g/mol. The van der Waals surface area contributed by atoms with Crippen LogP contribution in [0.1, 0.15) is 5.56 Å². The number of hydrogen-bond acceptors (Lipinski definition) is 9. The molecule has 2 aliphatic rings. The van der Waals surface area contributed by atoms with Gasteiger partial charge in [-0.2, -0.15) is 0 Å². The van der Waals surface area contributed by atoms with Gasteiger partial charge in [0.1, 0.15) is 24.4 Å². The first kappa shape index (κ1) is 25.6. The van der Waals surface area contributed by atoms with E-state index in [-0.39, 0.29) is 23.6 Å². The highest BCUT2D eigenvalue weighted by Crippen LogP contribution is 2.26. The normalized spacial score (nSPS) is 17.6. The number of rotatable bonds is 8. The van der Waals surface area contributed by atoms with Gasteiger partial charge in [0.2, 0.25) is 0 Å². The number of hydrogen-bond donors (Lipinski definition) is 1. The van der Waals surface area contributed by atoms with Crippen molar-refractivity contribution < 1.29 is 27.6 Å². The minimum absolute atomic E-state index is 0.0215. The highest BCUT2D eigenvalue weighted by Gasteiger charge is 2.31. The van der Waals surface area contributed by atoms with Crippen molar-refractivity contribution >= 4 is 17.3 Å². The molecule has 202 valence electrons. The number of imidazole rings is 1. The fourth-order valence-electron chi connectivity index (χ4n) is 4.53. The zero-order valence-electron chi connectivity index (χ0n) is 20.3. The van der Waals surface area contributed by atoms with E-state index >= 15 is 0 Å². The lowest BCUT2D eigenvalue weighted by molar-refractivity contribution is -0.389. The molecule has 38 heavy (non-hydrogen) atoms. The molecule has 0 amide bonds. The number of piperazine rings is 1. The summed E-state index contributed by atoms with van der Waals surface area (Å²) < 4.78 is 48.2. The second-order valence-corrected chi connectivity index (χ2v) is 9.04. The Morgan fingerprint density at radius 1 is 1.11 bits per heavy atom. The number of fused-ring (bicyclic) bond motifs is 1. The summed E-state index contributed by atoms with van der Waals surface area (Å²) in [5.74, 6) is 0.428. The van der Waals surface area contributed by atoms with E-state index in [1.807, 2.05) is 18.3 Å². The first-order chi connectivity index (χ1) is 18.2. The molecule has 0 bridgehead atoms. The van der Waals surface area contributed by atoms with Crippen LogP contribution in [0.4, 0.5) is 30.5 Å². The van der Waals surface area contributed by atoms with Crippen LogP contribution in [0.5, 0.6) is 11.8 Å². The van der Waals surface area contributed by atoms with Crippen LogP contribution in [-0.2, 0) is 13.0 Å². The molecule has 3 aromatic rings. The monoisotopic (exact) mass is 533 g/mol. The van der Waals surface area contributed by atoms with Gasteiger partial charge in [0, 0.05) is 49.6 Å². The molecule has 1 unspecified atom stereocenters. The second-order valence-electron chi connectivity index (χ2n) is 9.04. The molecule has 11 nitrogen and oxygen atoms in total. The van der Waals surface area contributed by atoms with Crippen molar-refractivity contribution in [1.29, 1.82) is 0 Å². The van der Waals surface area contributed by atoms with E-state index in [0.717, 1.165) is 49.7 Å². The summed E-state index contributed by atoms with van der Waals surface area (Å²) in [6.07, 6.45) is -0.690. The van der Waals surface area contributed by atoms with Gasteiger partial charge in [-0.25, -0.2) is 4.98 Å². The number of nitro groups is 1. The Hall–Kier alpha value is -4.07. The molecule has 5 rings (SSSR count). The van der Waals surface area contributed by atoms with Crippen LogP contribution < -0.4 is 24.6 Å². The first-order valence-electron chi connectivity index (χ1n) is 12.1. The molecule has 0 saturated carbocycles. The lowest BCUT2D eigenvalue weighted by Gasteiger charge is -2.36. The maximum atomic E-state index is 12.4. The minimum atomic E-state index is -4.70. The fraction of sp³-hybridized carbons (Fsp3) is 0.417. The van der Waals surface area contributed by atoms with Crippen molar-refractivity contribution in [3.63, 3.8) is 0 Å². The third-order valence-electron chi connectivity index (χ3n) is 6.44. The van der Waals surface area contributed by atoms with E-state index in [1.54, 1.807) is 16.7 Å². The Morgan fingerprint density at radius 3 is 2.50 bits per heavy atom. The van der Waals surface area contributed by atoms with Crippen molar-refractivity contribution in [2.45, 2.75) is 25.4 Å². The van der Waals surface area contributed by atoms with E-state index < -0.39 is 11.3 Å². The molecule has 0 aliphatic carbocycles. The molecule has 2 aliphatic heterocycles. The van der Waals surface area contributed by atoms with Gasteiger partial charge in [-0.1, -0.05) is 6.07 Å². The summed E-state index contributed by atoms with van der Waals surface area (Å²) in [5.41, 5.74) is 1.93. The number of halogens is 3. The lowest BCUT2D eigenvalue weighted by Crippen LogP contribution is -2.46. The molecule has 14 heteroatoms. The maximum Gasteiger partial charge on any atom is 0.573 e. The van der Waals surface area contributed by atoms with Crippen LogP contribution in [0.2, 0.25) is 0 Å². The van der Waals surface area contributed by atoms with Gasteiger partial charge in [0.25, 0.3) is 0 Å². The third kappa shape index (κ3) is 6.25. The molecule has 2 aromatic heterocycles. The predicted molar refractivity (Wildman–Crippen MR) is 132 cm³/mol. The summed E-state index contributed by atoms with van der Waals surface area (Å²) >= 11 is 0. The van der Waals surface area contributed by atoms with Gasteiger partial charge in [0.15, 0.2) is 0 Å². The Labute approximate surface area is 215 Å². The van der Waals surface area contributed by atoms with E-state index in [2.05, 4.69) is 29.8 Å². The van der Waals surface area contributed by atoms with Gasteiger partial charge in [-0.05, 0) is 53.8 Å². The summed E-state index contributed by atoms with van der Waals surface area (Å²) in [4.78, 5) is 23.1. The predicted octanol–water partition coefficient (Wildman–Crippen LogP) is 3.00. The Kier molecular flexibility index (Phi) is 7.22. The largest absolute Gasteiger partial charge is 0.573 e. The quantitative estimate of drug-likeness (QED) is 0.345. The third-order valence-corrected chi connectivity index (χ3v) is 6.44. The molecule has 1 atom stereocenters. The van der Waals surface area contributed by atoms with Crippen molar-refractivity contribution in [3.8, 4) is 11.8 Å². The van der Waals surface area contributed by atoms with Crippen molar-refractivity contribution in [2.24, 2.45) is 0 Å². The van der Waals surface area contributed by atoms with Crippen LogP contribution in [-0.4, -0.2) is 71.2 Å². The number of pyridine rings is 1. The number of aromatic nitrogens is 3. The Bertz CT molecular complexity index is 1240. The van der Waals surface area contributed by atoms with Crippen molar-refractivity contribution in [1.82, 2.24) is 19.9 Å². The van der Waals surface area contributed by atoms with Crippen molar-refractivity contribution in [3.05, 3.63) is 64.5 Å². The number of ether oxygens (including phenoxy) is 2. The zero-order chi connectivity index (χ0) is 26.7. The van der Waals surface area contributed by atoms with E-state index in [9.17, 15) is 23.3 Å². The lowest BCUT2D eigenvalue weighted by atomic mass is 10.2. The van der Waals surface area contributed by atoms with Gasteiger partial charge < -0.3 is 34.7 Å². The molecule has 1 fully saturated rings. The van der Waals surface area contributed by atoms with Crippen LogP contribution >= 0.6 is 0 Å². The standard InChI is InChI=1S/C24H26F3N7O4/c25-24(26,27)38-20-4-2-19(3-5-20)31-9-11-32(12-10-31)21-6-1-17(13-29-21)7-8-28-18-14-33-15-22(34(35)36)30-23(33)37-16-18/h1-6,13,15,18,28H,7-12,14,16H2. The number of nitrogens with zero attached hydrogens (tertiary/aromatic N) is 6. The molecule has 0 spiro atoms. The second kappa shape index (κ2) is 10.7. The van der Waals surface area contributed by atoms with E-state index in [4.69, 9.17) is 4.74 Å². The van der Waals surface area contributed by atoms with Gasteiger partial charge >= 0.3 is 18.2 Å². The molecular formula is C24H26F3N7O4. The Morgan fingerprint density at radius 2 is 1.84 bits per heavy atom. The van der Waals surface area contributed by atoms with Crippen LogP contribution in [0.15, 0.2) is 48.8 Å². The fourth-order valence-corrected chi connectivity index (χ4v) is 4.53. The molecule has 0 radical (unpaired) electrons. The smallest absolute Gasteiger partial charge is 0.444 e. The van der Waals surface area contributed by atoms with Gasteiger partial charge in [0.05, 0.1) is 6.04 Å². The molecule has 1 aromatic carbocycles. The summed E-state index contributed by atoms with van der Waals surface area (Å²) in [6, 6.07) is 10.3. The molecule has 1 N–H and O–H groups in total. The maximum absolute atomic E-state index is 12.4. The molecule has 1 saturated heterocycles. The zero-order valence-corrected chi connectivity index (χ0v) is 20.3. The summed E-state index contributed by atoms with van der Waals surface area (Å²) in [5, 5.41) is 14.3. The highest BCUT2D eigenvalue weighted by atomic mass is 19.4. The number of anilines is 2. The Balaban J connectivity index is 1.06. The first-order valence-corrected chi connectivity index (χ1v) is 12.1. The number of alkyl halides is 3. The SMILES string of the molecule is O=[N+]([O-])c1cn2c(n1)OCC(NCCc1ccc(N3CCN(c4ccc(OC(F)(F)F)cc4)CC3)nc1)C2. The van der Waals surface area contributed by atoms with Crippen LogP contribution in [0.25, 0.3) is 0 Å². The number of benzene rings is 1. The highest BCUT2D eigenvalue weighted by molar-refractivity contribution is 5.51. The molecular weight excluding hydrogens is 507 g/mol. The van der Waals surface area contributed by atoms with Crippen molar-refractivity contribution in [2.75, 3.05) is 49.1 Å². The number of nitrogens with one attached hydrogen (secondary N) is 1. The minimum Gasteiger partial charge on any atom is -0.444 e. The topological polar surface area (TPSA) is 111 Å². The summed E-state index contributed by atoms with van der Waals surface area (Å²) in [7, 11) is 0. The van der Waals surface area contributed by atoms with Gasteiger partial charge in [-0.15, -0.1) is 13.2 Å². The van der Waals surface area contributed by atoms with E-state index in [1.165, 1.54) is 18.3 Å². The van der Waals surface area contributed by atoms with Crippen LogP contribution in [0.3, 0.4) is 0 Å². The average Bonchev–Trinajstić information content (AvgIpc) is 3.33. The van der Waals surface area contributed by atoms with Crippen LogP contribution in [0, 0.1) is 10.1 Å². The van der Waals surface area contributed by atoms with E-state index in [0.29, 0.717) is 19.7 Å². The van der Waals surface area contributed by atoms with Gasteiger partial charge in [-0.3, -0.25) is 4.57 Å².